The first kappa shape index (κ1) is 13.6. The number of benzene rings is 1. The number of oxime groups is 1. The molecule has 2 fully saturated rings. The van der Waals surface area contributed by atoms with E-state index in [4.69, 9.17) is 4.98 Å². The molecule has 1 aromatic carbocycles. The number of aryl methyl sites for hydroxylation is 2. The van der Waals surface area contributed by atoms with E-state index in [0.717, 1.165) is 35.8 Å². The van der Waals surface area contributed by atoms with E-state index in [1.165, 1.54) is 12.0 Å². The predicted molar refractivity (Wildman–Crippen MR) is 86.2 cm³/mol. The van der Waals surface area contributed by atoms with Crippen molar-refractivity contribution in [1.29, 1.82) is 0 Å². The van der Waals surface area contributed by atoms with Crippen molar-refractivity contribution in [2.75, 3.05) is 0 Å². The smallest absolute Gasteiger partial charge is 0.106 e. The largest absolute Gasteiger partial charge is 0.411 e. The molecule has 0 spiro atoms. The number of hydrogen-bond donors (Lipinski definition) is 1. The number of nitrogens with zero attached hydrogens (tertiary/aromatic N) is 3. The summed E-state index contributed by atoms with van der Waals surface area (Å²) >= 11 is 0. The molecule has 22 heavy (non-hydrogen) atoms. The van der Waals surface area contributed by atoms with Crippen molar-refractivity contribution in [3.8, 4) is 11.3 Å². The minimum absolute atomic E-state index is 0.167. The zero-order valence-corrected chi connectivity index (χ0v) is 13.0. The lowest BCUT2D eigenvalue weighted by Crippen LogP contribution is -2.27. The molecule has 1 N–H and O–H groups in total. The van der Waals surface area contributed by atoms with Crippen LogP contribution in [0.25, 0.3) is 11.3 Å². The van der Waals surface area contributed by atoms with Crippen LogP contribution in [0.15, 0.2) is 35.5 Å². The fourth-order valence-corrected chi connectivity index (χ4v) is 4.51. The first-order valence-corrected chi connectivity index (χ1v) is 8.03. The Morgan fingerprint density at radius 1 is 1.18 bits per heavy atom. The van der Waals surface area contributed by atoms with Crippen molar-refractivity contribution in [2.45, 2.75) is 39.2 Å². The minimum atomic E-state index is 0.167. The van der Waals surface area contributed by atoms with Gasteiger partial charge in [0.05, 0.1) is 23.1 Å². The molecule has 3 atom stereocenters. The molecule has 2 saturated carbocycles. The second-order valence-electron chi connectivity index (χ2n) is 6.57. The van der Waals surface area contributed by atoms with Gasteiger partial charge in [0.15, 0.2) is 0 Å². The van der Waals surface area contributed by atoms with Gasteiger partial charge >= 0.3 is 0 Å². The Bertz CT molecular complexity index is 732. The van der Waals surface area contributed by atoms with Gasteiger partial charge in [-0.3, -0.25) is 0 Å². The fraction of sp³-hybridized carbons (Fsp3) is 0.444. The molecule has 114 valence electrons. The lowest BCUT2D eigenvalue weighted by atomic mass is 9.92. The number of aromatic nitrogens is 2. The van der Waals surface area contributed by atoms with Crippen LogP contribution in [0.5, 0.6) is 0 Å². The average molecular weight is 295 g/mol. The molecule has 1 heterocycles. The molecule has 2 aliphatic rings. The van der Waals surface area contributed by atoms with Crippen LogP contribution < -0.4 is 0 Å². The van der Waals surface area contributed by atoms with E-state index in [-0.39, 0.29) is 6.04 Å². The molecule has 0 unspecified atom stereocenters. The number of imidazole rings is 1. The van der Waals surface area contributed by atoms with E-state index in [9.17, 15) is 5.21 Å². The van der Waals surface area contributed by atoms with E-state index in [1.807, 2.05) is 6.07 Å². The maximum atomic E-state index is 9.53. The molecule has 0 aliphatic heterocycles. The summed E-state index contributed by atoms with van der Waals surface area (Å²) in [5, 5.41) is 13.2. The predicted octanol–water partition coefficient (Wildman–Crippen LogP) is 3.97. The van der Waals surface area contributed by atoms with E-state index in [0.29, 0.717) is 11.8 Å². The zero-order valence-electron chi connectivity index (χ0n) is 13.0. The lowest BCUT2D eigenvalue weighted by Gasteiger charge is -2.27. The van der Waals surface area contributed by atoms with Gasteiger partial charge in [-0.15, -0.1) is 0 Å². The Balaban J connectivity index is 1.89. The highest BCUT2D eigenvalue weighted by molar-refractivity contribution is 5.93. The minimum Gasteiger partial charge on any atom is -0.411 e. The number of hydrogen-bond acceptors (Lipinski definition) is 3. The van der Waals surface area contributed by atoms with Gasteiger partial charge in [0, 0.05) is 11.5 Å². The summed E-state index contributed by atoms with van der Waals surface area (Å²) in [6.45, 7) is 4.12. The molecule has 4 rings (SSSR count). The molecule has 1 aromatic heterocycles. The highest BCUT2D eigenvalue weighted by Crippen LogP contribution is 2.50. The van der Waals surface area contributed by atoms with Gasteiger partial charge in [0.1, 0.15) is 5.82 Å². The summed E-state index contributed by atoms with van der Waals surface area (Å²) in [4.78, 5) is 4.71. The van der Waals surface area contributed by atoms with Gasteiger partial charge in [-0.05, 0) is 39.0 Å². The van der Waals surface area contributed by atoms with Gasteiger partial charge in [-0.25, -0.2) is 4.98 Å². The molecule has 2 aromatic rings. The van der Waals surface area contributed by atoms with Crippen molar-refractivity contribution >= 4 is 5.71 Å². The normalized spacial score (nSPS) is 28.6. The Morgan fingerprint density at radius 2 is 1.95 bits per heavy atom. The topological polar surface area (TPSA) is 50.4 Å². The highest BCUT2D eigenvalue weighted by Gasteiger charge is 2.47. The number of rotatable bonds is 2. The second-order valence-corrected chi connectivity index (χ2v) is 6.57. The van der Waals surface area contributed by atoms with E-state index < -0.39 is 0 Å². The third-order valence-electron chi connectivity index (χ3n) is 5.34. The molecular formula is C18H21N3O. The van der Waals surface area contributed by atoms with Crippen LogP contribution >= 0.6 is 0 Å². The average Bonchev–Trinajstić information content (AvgIpc) is 3.20. The van der Waals surface area contributed by atoms with Crippen LogP contribution in [0.2, 0.25) is 0 Å². The molecule has 0 saturated heterocycles. The monoisotopic (exact) mass is 295 g/mol. The fourth-order valence-electron chi connectivity index (χ4n) is 4.51. The zero-order chi connectivity index (χ0) is 15.3. The SMILES string of the molecule is Cc1nc(C)n([C@@H]2/C(=N\O)[C@H]3CC[C@H]2C3)c1-c1ccccc1. The standard InChI is InChI=1S/C18H21N3O/c1-11-17(13-6-4-3-5-7-13)21(12(2)19-11)18-15-9-8-14(10-15)16(18)20-22/h3-7,14-15,18,22H,8-10H2,1-2H3/b20-16-/t14-,15-,18-/m0/s1. The third kappa shape index (κ3) is 1.83. The van der Waals surface area contributed by atoms with Gasteiger partial charge in [0.25, 0.3) is 0 Å². The highest BCUT2D eigenvalue weighted by atomic mass is 16.4. The lowest BCUT2D eigenvalue weighted by molar-refractivity contribution is 0.307. The van der Waals surface area contributed by atoms with E-state index in [2.05, 4.69) is 47.8 Å². The van der Waals surface area contributed by atoms with Crippen LogP contribution in [-0.4, -0.2) is 20.5 Å². The van der Waals surface area contributed by atoms with Crippen LogP contribution in [0.4, 0.5) is 0 Å². The Labute approximate surface area is 130 Å². The molecular weight excluding hydrogens is 274 g/mol. The first-order chi connectivity index (χ1) is 10.7. The molecule has 2 aliphatic carbocycles. The van der Waals surface area contributed by atoms with Gasteiger partial charge in [-0.1, -0.05) is 35.5 Å². The van der Waals surface area contributed by atoms with Crippen LogP contribution in [0, 0.1) is 25.7 Å². The van der Waals surface area contributed by atoms with Gasteiger partial charge in [-0.2, -0.15) is 0 Å². The Kier molecular flexibility index (Phi) is 3.06. The second kappa shape index (κ2) is 4.97. The molecule has 4 nitrogen and oxygen atoms in total. The van der Waals surface area contributed by atoms with Crippen molar-refractivity contribution in [2.24, 2.45) is 17.0 Å². The van der Waals surface area contributed by atoms with Gasteiger partial charge in [0.2, 0.25) is 0 Å². The van der Waals surface area contributed by atoms with Crippen LogP contribution in [0.1, 0.15) is 36.8 Å². The summed E-state index contributed by atoms with van der Waals surface area (Å²) in [6, 6.07) is 10.6. The summed E-state index contributed by atoms with van der Waals surface area (Å²) in [6.07, 6.45) is 3.53. The van der Waals surface area contributed by atoms with Crippen molar-refractivity contribution < 1.29 is 5.21 Å². The van der Waals surface area contributed by atoms with E-state index >= 15 is 0 Å². The summed E-state index contributed by atoms with van der Waals surface area (Å²) < 4.78 is 2.31. The summed E-state index contributed by atoms with van der Waals surface area (Å²) in [7, 11) is 0. The van der Waals surface area contributed by atoms with Crippen molar-refractivity contribution in [3.05, 3.63) is 41.9 Å². The maximum absolute atomic E-state index is 9.53. The Morgan fingerprint density at radius 3 is 2.68 bits per heavy atom. The number of fused-ring (bicyclic) bond motifs is 2. The van der Waals surface area contributed by atoms with Crippen LogP contribution in [0.3, 0.4) is 0 Å². The van der Waals surface area contributed by atoms with Crippen molar-refractivity contribution in [1.82, 2.24) is 9.55 Å². The molecule has 2 bridgehead atoms. The van der Waals surface area contributed by atoms with Crippen molar-refractivity contribution in [3.63, 3.8) is 0 Å². The molecule has 0 radical (unpaired) electrons. The Hall–Kier alpha value is -2.10. The maximum Gasteiger partial charge on any atom is 0.106 e. The quantitative estimate of drug-likeness (QED) is 0.673. The first-order valence-electron chi connectivity index (χ1n) is 8.03. The molecule has 4 heteroatoms. The van der Waals surface area contributed by atoms with Gasteiger partial charge < -0.3 is 9.77 Å². The summed E-state index contributed by atoms with van der Waals surface area (Å²) in [5.41, 5.74) is 4.34. The third-order valence-corrected chi connectivity index (χ3v) is 5.34. The molecule has 0 amide bonds. The van der Waals surface area contributed by atoms with Crippen LogP contribution in [-0.2, 0) is 0 Å². The summed E-state index contributed by atoms with van der Waals surface area (Å²) in [5.74, 6) is 2.03. The van der Waals surface area contributed by atoms with E-state index in [1.54, 1.807) is 0 Å².